The van der Waals surface area contributed by atoms with Gasteiger partial charge < -0.3 is 0 Å². The van der Waals surface area contributed by atoms with E-state index in [-0.39, 0.29) is 5.56 Å². The molecular formula is C11H8F3NO. The molecule has 0 N–H and O–H groups in total. The molecule has 2 nitrogen and oxygen atoms in total. The van der Waals surface area contributed by atoms with Gasteiger partial charge in [0.25, 0.3) is 0 Å². The Morgan fingerprint density at radius 1 is 1.38 bits per heavy atom. The van der Waals surface area contributed by atoms with Crippen molar-refractivity contribution >= 4 is 5.78 Å². The maximum absolute atomic E-state index is 12.7. The van der Waals surface area contributed by atoms with Gasteiger partial charge in [-0.3, -0.25) is 4.79 Å². The van der Waals surface area contributed by atoms with Crippen molar-refractivity contribution in [1.82, 2.24) is 0 Å². The summed E-state index contributed by atoms with van der Waals surface area (Å²) in [6.45, 7) is 2.46. The number of carbonyl (C=O) groups is 1. The van der Waals surface area contributed by atoms with Crippen molar-refractivity contribution in [3.05, 3.63) is 34.4 Å². The van der Waals surface area contributed by atoms with Crippen molar-refractivity contribution in [2.45, 2.75) is 20.0 Å². The minimum Gasteiger partial charge on any atom is -0.294 e. The number of rotatable bonds is 1. The average Bonchev–Trinajstić information content (AvgIpc) is 2.15. The van der Waals surface area contributed by atoms with Crippen LogP contribution in [0, 0.1) is 18.3 Å². The van der Waals surface area contributed by atoms with E-state index in [1.165, 1.54) is 19.1 Å². The Balaban J connectivity index is 3.71. The summed E-state index contributed by atoms with van der Waals surface area (Å²) in [5, 5.41) is 8.62. The van der Waals surface area contributed by atoms with Crippen LogP contribution in [0.2, 0.25) is 0 Å². The molecule has 0 aliphatic rings. The van der Waals surface area contributed by atoms with Gasteiger partial charge in [0.05, 0.1) is 17.2 Å². The highest BCUT2D eigenvalue weighted by Gasteiger charge is 2.38. The minimum atomic E-state index is -4.70. The van der Waals surface area contributed by atoms with E-state index in [9.17, 15) is 18.0 Å². The fourth-order valence-electron chi connectivity index (χ4n) is 1.55. The molecule has 0 unspecified atom stereocenters. The highest BCUT2D eigenvalue weighted by molar-refractivity contribution is 5.97. The monoisotopic (exact) mass is 227 g/mol. The summed E-state index contributed by atoms with van der Waals surface area (Å²) in [5.41, 5.74) is -1.86. The van der Waals surface area contributed by atoms with Gasteiger partial charge in [0, 0.05) is 5.56 Å². The number of benzene rings is 1. The quantitative estimate of drug-likeness (QED) is 0.691. The zero-order chi connectivity index (χ0) is 12.5. The number of nitriles is 1. The number of hydrogen-bond donors (Lipinski definition) is 0. The molecule has 0 atom stereocenters. The number of aryl methyl sites for hydroxylation is 1. The zero-order valence-electron chi connectivity index (χ0n) is 8.64. The largest absolute Gasteiger partial charge is 0.418 e. The Bertz CT molecular complexity index is 483. The van der Waals surface area contributed by atoms with Crippen molar-refractivity contribution in [2.75, 3.05) is 0 Å². The molecule has 1 aromatic rings. The van der Waals surface area contributed by atoms with E-state index in [0.717, 1.165) is 13.0 Å². The second kappa shape index (κ2) is 3.97. The minimum absolute atomic E-state index is 0.221. The predicted molar refractivity (Wildman–Crippen MR) is 50.9 cm³/mol. The van der Waals surface area contributed by atoms with Gasteiger partial charge in [0.1, 0.15) is 0 Å². The molecule has 0 fully saturated rings. The summed E-state index contributed by atoms with van der Waals surface area (Å²) in [7, 11) is 0. The molecule has 0 amide bonds. The van der Waals surface area contributed by atoms with E-state index in [0.29, 0.717) is 0 Å². The molecule has 0 saturated heterocycles. The number of ketones is 1. The molecule has 1 aromatic carbocycles. The van der Waals surface area contributed by atoms with Gasteiger partial charge in [-0.05, 0) is 25.5 Å². The molecule has 84 valence electrons. The molecular weight excluding hydrogens is 219 g/mol. The van der Waals surface area contributed by atoms with Gasteiger partial charge in [-0.15, -0.1) is 0 Å². The van der Waals surface area contributed by atoms with E-state index in [4.69, 9.17) is 5.26 Å². The Hall–Kier alpha value is -1.83. The van der Waals surface area contributed by atoms with Gasteiger partial charge in [-0.1, -0.05) is 6.07 Å². The van der Waals surface area contributed by atoms with E-state index >= 15 is 0 Å². The third kappa shape index (κ3) is 2.06. The summed E-state index contributed by atoms with van der Waals surface area (Å²) >= 11 is 0. The maximum Gasteiger partial charge on any atom is 0.418 e. The third-order valence-corrected chi connectivity index (χ3v) is 2.17. The predicted octanol–water partition coefficient (Wildman–Crippen LogP) is 3.09. The van der Waals surface area contributed by atoms with Crippen molar-refractivity contribution in [3.63, 3.8) is 0 Å². The second-order valence-electron chi connectivity index (χ2n) is 3.35. The Labute approximate surface area is 90.3 Å². The van der Waals surface area contributed by atoms with Gasteiger partial charge in [0.15, 0.2) is 5.78 Å². The molecule has 0 aliphatic heterocycles. The molecule has 0 spiro atoms. The van der Waals surface area contributed by atoms with Gasteiger partial charge in [-0.25, -0.2) is 0 Å². The lowest BCUT2D eigenvalue weighted by atomic mass is 9.94. The smallest absolute Gasteiger partial charge is 0.294 e. The molecule has 0 saturated carbocycles. The van der Waals surface area contributed by atoms with E-state index in [1.54, 1.807) is 0 Å². The van der Waals surface area contributed by atoms with Crippen molar-refractivity contribution in [3.8, 4) is 6.07 Å². The molecule has 0 bridgehead atoms. The first-order chi connectivity index (χ1) is 7.29. The highest BCUT2D eigenvalue weighted by Crippen LogP contribution is 2.36. The lowest BCUT2D eigenvalue weighted by molar-refractivity contribution is -0.138. The first-order valence-corrected chi connectivity index (χ1v) is 4.41. The standard InChI is InChI=1S/C11H8F3NO/c1-6-3-4-8(5-15)10(11(12,13)14)9(6)7(2)16/h3-4H,1-2H3. The maximum atomic E-state index is 12.7. The summed E-state index contributed by atoms with van der Waals surface area (Å²) in [6, 6.07) is 3.86. The topological polar surface area (TPSA) is 40.9 Å². The van der Waals surface area contributed by atoms with Crippen molar-refractivity contribution < 1.29 is 18.0 Å². The third-order valence-electron chi connectivity index (χ3n) is 2.17. The number of alkyl halides is 3. The van der Waals surface area contributed by atoms with Crippen LogP contribution in [0.3, 0.4) is 0 Å². The molecule has 0 aromatic heterocycles. The Kier molecular flexibility index (Phi) is 3.04. The number of carbonyl (C=O) groups excluding carboxylic acids is 1. The first-order valence-electron chi connectivity index (χ1n) is 4.41. The van der Waals surface area contributed by atoms with Crippen LogP contribution in [0.4, 0.5) is 13.2 Å². The Morgan fingerprint density at radius 3 is 2.31 bits per heavy atom. The SMILES string of the molecule is CC(=O)c1c(C)ccc(C#N)c1C(F)(F)F. The summed E-state index contributed by atoms with van der Waals surface area (Å²) in [5.74, 6) is -0.693. The van der Waals surface area contributed by atoms with Crippen LogP contribution in [0.5, 0.6) is 0 Å². The lowest BCUT2D eigenvalue weighted by Crippen LogP contribution is -2.15. The highest BCUT2D eigenvalue weighted by atomic mass is 19.4. The number of nitrogens with zero attached hydrogens (tertiary/aromatic N) is 1. The fourth-order valence-corrected chi connectivity index (χ4v) is 1.55. The zero-order valence-corrected chi connectivity index (χ0v) is 8.64. The Morgan fingerprint density at radius 2 is 1.94 bits per heavy atom. The van der Waals surface area contributed by atoms with Crippen LogP contribution in [0.1, 0.15) is 34.0 Å². The van der Waals surface area contributed by atoms with E-state index < -0.39 is 28.6 Å². The molecule has 1 rings (SSSR count). The van der Waals surface area contributed by atoms with Gasteiger partial charge in [-0.2, -0.15) is 18.4 Å². The molecule has 16 heavy (non-hydrogen) atoms. The molecule has 0 aliphatic carbocycles. The van der Waals surface area contributed by atoms with Gasteiger partial charge in [0.2, 0.25) is 0 Å². The van der Waals surface area contributed by atoms with Gasteiger partial charge >= 0.3 is 6.18 Å². The fraction of sp³-hybridized carbons (Fsp3) is 0.273. The molecule has 5 heteroatoms. The lowest BCUT2D eigenvalue weighted by Gasteiger charge is -2.14. The molecule has 0 heterocycles. The summed E-state index contributed by atoms with van der Waals surface area (Å²) < 4.78 is 38.2. The summed E-state index contributed by atoms with van der Waals surface area (Å²) in [6.07, 6.45) is -4.70. The van der Waals surface area contributed by atoms with Crippen LogP contribution in [-0.2, 0) is 6.18 Å². The first kappa shape index (κ1) is 12.2. The molecule has 0 radical (unpaired) electrons. The average molecular weight is 227 g/mol. The van der Waals surface area contributed by atoms with Crippen molar-refractivity contribution in [2.24, 2.45) is 0 Å². The number of Topliss-reactive ketones (excluding diaryl/α,β-unsaturated/α-hetero) is 1. The number of hydrogen-bond acceptors (Lipinski definition) is 2. The second-order valence-corrected chi connectivity index (χ2v) is 3.35. The van der Waals surface area contributed by atoms with Crippen LogP contribution in [0.15, 0.2) is 12.1 Å². The number of halogens is 3. The van der Waals surface area contributed by atoms with E-state index in [2.05, 4.69) is 0 Å². The summed E-state index contributed by atoms with van der Waals surface area (Å²) in [4.78, 5) is 11.2. The van der Waals surface area contributed by atoms with Crippen LogP contribution < -0.4 is 0 Å². The van der Waals surface area contributed by atoms with Crippen LogP contribution in [0.25, 0.3) is 0 Å². The van der Waals surface area contributed by atoms with Crippen LogP contribution in [-0.4, -0.2) is 5.78 Å². The normalized spacial score (nSPS) is 11.0. The van der Waals surface area contributed by atoms with E-state index in [1.807, 2.05) is 0 Å². The van der Waals surface area contributed by atoms with Crippen molar-refractivity contribution in [1.29, 1.82) is 5.26 Å². The van der Waals surface area contributed by atoms with Crippen LogP contribution >= 0.6 is 0 Å².